The molecule has 7 nitrogen and oxygen atoms in total. The average Bonchev–Trinajstić information content (AvgIpc) is 2.82. The minimum Gasteiger partial charge on any atom is -0.483 e. The van der Waals surface area contributed by atoms with Gasteiger partial charge in [0, 0.05) is 30.4 Å². The first-order valence-electron chi connectivity index (χ1n) is 10.1. The summed E-state index contributed by atoms with van der Waals surface area (Å²) in [5.41, 5.74) is 4.12. The second kappa shape index (κ2) is 13.1. The Morgan fingerprint density at radius 2 is 1.77 bits per heavy atom. The van der Waals surface area contributed by atoms with Crippen LogP contribution in [0.5, 0.6) is 0 Å². The standard InChI is InChI=1S/C22H19ClN4O.CHF3.CH2O2/c1-14-19(9-6-10-24-14)25-13-16-11-17(23)12-18-20(16)26-21(27(2)22(18)28)15-7-4-3-5-8-15;2-1(3)4;2-1-3/h3-12,25H,13H2,1-2H3;1H;1H,(H,2,3). The van der Waals surface area contributed by atoms with E-state index in [0.29, 0.717) is 28.3 Å². The van der Waals surface area contributed by atoms with Crippen molar-refractivity contribution in [2.45, 2.75) is 20.1 Å². The fourth-order valence-corrected chi connectivity index (χ4v) is 3.49. The third-order valence-corrected chi connectivity index (χ3v) is 4.95. The molecule has 35 heavy (non-hydrogen) atoms. The molecule has 0 spiro atoms. The van der Waals surface area contributed by atoms with Crippen molar-refractivity contribution in [1.29, 1.82) is 0 Å². The minimum atomic E-state index is -3.67. The molecule has 2 aromatic carbocycles. The number of halogens is 4. The highest BCUT2D eigenvalue weighted by molar-refractivity contribution is 6.31. The largest absolute Gasteiger partial charge is 0.483 e. The molecule has 0 bridgehead atoms. The summed E-state index contributed by atoms with van der Waals surface area (Å²) in [6.07, 6.45) is 1.76. The van der Waals surface area contributed by atoms with Crippen LogP contribution in [-0.4, -0.2) is 32.8 Å². The van der Waals surface area contributed by atoms with E-state index in [1.54, 1.807) is 23.9 Å². The lowest BCUT2D eigenvalue weighted by Crippen LogP contribution is -2.21. The SMILES string of the molecule is Cc1ncccc1NCc1cc(Cl)cc2c(=O)n(C)c(-c3ccccc3)nc12.FC(F)F.O=CO. The molecule has 0 radical (unpaired) electrons. The number of benzene rings is 2. The molecular formula is C24H22ClF3N4O3. The van der Waals surface area contributed by atoms with Crippen LogP contribution in [0.25, 0.3) is 22.3 Å². The Labute approximate surface area is 203 Å². The van der Waals surface area contributed by atoms with Crippen LogP contribution < -0.4 is 10.9 Å². The summed E-state index contributed by atoms with van der Waals surface area (Å²) in [7, 11) is 1.73. The number of fused-ring (bicyclic) bond motifs is 1. The van der Waals surface area contributed by atoms with Gasteiger partial charge in [0.25, 0.3) is 12.0 Å². The predicted molar refractivity (Wildman–Crippen MR) is 130 cm³/mol. The molecular weight excluding hydrogens is 485 g/mol. The number of nitrogens with zero attached hydrogens (tertiary/aromatic N) is 3. The lowest BCUT2D eigenvalue weighted by atomic mass is 10.1. The van der Waals surface area contributed by atoms with Crippen LogP contribution in [0.2, 0.25) is 5.02 Å². The van der Waals surface area contributed by atoms with Gasteiger partial charge in [-0.2, -0.15) is 13.2 Å². The number of carbonyl (C=O) groups is 1. The Hall–Kier alpha value is -3.92. The molecule has 4 rings (SSSR count). The quantitative estimate of drug-likeness (QED) is 0.357. The summed E-state index contributed by atoms with van der Waals surface area (Å²) < 4.78 is 30.6. The first-order valence-corrected chi connectivity index (χ1v) is 10.5. The minimum absolute atomic E-state index is 0.120. The Balaban J connectivity index is 0.000000551. The molecule has 4 aromatic rings. The van der Waals surface area contributed by atoms with Gasteiger partial charge >= 0.3 is 6.68 Å². The topological polar surface area (TPSA) is 97.1 Å². The van der Waals surface area contributed by atoms with E-state index in [9.17, 15) is 18.0 Å². The van der Waals surface area contributed by atoms with Gasteiger partial charge in [0.15, 0.2) is 0 Å². The maximum absolute atomic E-state index is 13.0. The number of aromatic nitrogens is 3. The third kappa shape index (κ3) is 7.54. The first kappa shape index (κ1) is 27.3. The number of anilines is 1. The molecule has 0 aliphatic carbocycles. The van der Waals surface area contributed by atoms with Gasteiger partial charge in [-0.3, -0.25) is 19.1 Å². The molecule has 0 amide bonds. The van der Waals surface area contributed by atoms with Gasteiger partial charge in [-0.05, 0) is 36.8 Å². The van der Waals surface area contributed by atoms with Crippen LogP contribution in [0.4, 0.5) is 18.9 Å². The third-order valence-electron chi connectivity index (χ3n) is 4.73. The fraction of sp³-hybridized carbons (Fsp3) is 0.167. The van der Waals surface area contributed by atoms with Gasteiger partial charge in [0.05, 0.1) is 22.3 Å². The monoisotopic (exact) mass is 506 g/mol. The highest BCUT2D eigenvalue weighted by Gasteiger charge is 2.14. The van der Waals surface area contributed by atoms with E-state index in [0.717, 1.165) is 22.5 Å². The lowest BCUT2D eigenvalue weighted by Gasteiger charge is -2.14. The normalized spacial score (nSPS) is 10.1. The number of carboxylic acid groups (broad SMARTS) is 1. The van der Waals surface area contributed by atoms with Crippen LogP contribution in [0.1, 0.15) is 11.3 Å². The van der Waals surface area contributed by atoms with Crippen molar-refractivity contribution >= 4 is 34.7 Å². The van der Waals surface area contributed by atoms with Crippen LogP contribution >= 0.6 is 11.6 Å². The number of rotatable bonds is 4. The second-order valence-corrected chi connectivity index (χ2v) is 7.41. The molecule has 0 atom stereocenters. The van der Waals surface area contributed by atoms with Crippen molar-refractivity contribution in [1.82, 2.24) is 14.5 Å². The molecule has 0 aliphatic rings. The van der Waals surface area contributed by atoms with Gasteiger partial charge in [0.1, 0.15) is 5.82 Å². The molecule has 11 heteroatoms. The summed E-state index contributed by atoms with van der Waals surface area (Å²) in [5.74, 6) is 0.624. The lowest BCUT2D eigenvalue weighted by molar-refractivity contribution is -0.122. The molecule has 0 saturated carbocycles. The van der Waals surface area contributed by atoms with E-state index in [4.69, 9.17) is 26.5 Å². The molecule has 0 unspecified atom stereocenters. The van der Waals surface area contributed by atoms with Crippen molar-refractivity contribution in [2.24, 2.45) is 7.05 Å². The fourth-order valence-electron chi connectivity index (χ4n) is 3.25. The first-order chi connectivity index (χ1) is 16.7. The average molecular weight is 507 g/mol. The number of hydrogen-bond acceptors (Lipinski definition) is 5. The highest BCUT2D eigenvalue weighted by Crippen LogP contribution is 2.25. The van der Waals surface area contributed by atoms with Crippen LogP contribution in [0.3, 0.4) is 0 Å². The van der Waals surface area contributed by atoms with Crippen molar-refractivity contribution in [2.75, 3.05) is 5.32 Å². The smallest absolute Gasteiger partial charge is 0.379 e. The Morgan fingerprint density at radius 1 is 1.14 bits per heavy atom. The van der Waals surface area contributed by atoms with Gasteiger partial charge < -0.3 is 10.4 Å². The number of pyridine rings is 1. The highest BCUT2D eigenvalue weighted by atomic mass is 35.5. The van der Waals surface area contributed by atoms with Gasteiger partial charge in [-0.1, -0.05) is 41.9 Å². The molecule has 0 aliphatic heterocycles. The predicted octanol–water partition coefficient (Wildman–Crippen LogP) is 5.45. The van der Waals surface area contributed by atoms with Crippen molar-refractivity contribution < 1.29 is 23.1 Å². The van der Waals surface area contributed by atoms with E-state index in [2.05, 4.69) is 10.3 Å². The van der Waals surface area contributed by atoms with Crippen LogP contribution in [-0.2, 0) is 18.4 Å². The second-order valence-electron chi connectivity index (χ2n) is 6.97. The van der Waals surface area contributed by atoms with Crippen molar-refractivity contribution in [3.8, 4) is 11.4 Å². The number of hydrogen-bond donors (Lipinski definition) is 2. The Bertz CT molecular complexity index is 1330. The van der Waals surface area contributed by atoms with E-state index in [-0.39, 0.29) is 12.0 Å². The Kier molecular flexibility index (Phi) is 10.2. The van der Waals surface area contributed by atoms with Gasteiger partial charge in [-0.15, -0.1) is 0 Å². The van der Waals surface area contributed by atoms with Gasteiger partial charge in [0.2, 0.25) is 0 Å². The Morgan fingerprint density at radius 3 is 2.37 bits per heavy atom. The number of nitrogens with one attached hydrogen (secondary N) is 1. The summed E-state index contributed by atoms with van der Waals surface area (Å²) >= 11 is 6.30. The zero-order chi connectivity index (χ0) is 26.0. The van der Waals surface area contributed by atoms with E-state index >= 15 is 0 Å². The molecule has 2 heterocycles. The van der Waals surface area contributed by atoms with E-state index in [1.165, 1.54) is 0 Å². The maximum Gasteiger partial charge on any atom is 0.379 e. The summed E-state index contributed by atoms with van der Waals surface area (Å²) in [5, 5.41) is 11.3. The van der Waals surface area contributed by atoms with Crippen molar-refractivity contribution in [3.05, 3.63) is 87.4 Å². The molecule has 0 saturated heterocycles. The molecule has 0 fully saturated rings. The summed E-state index contributed by atoms with van der Waals surface area (Å²) in [6, 6.07) is 17.1. The summed E-state index contributed by atoms with van der Waals surface area (Å²) in [6.45, 7) is -1.49. The zero-order valence-electron chi connectivity index (χ0n) is 18.8. The van der Waals surface area contributed by atoms with E-state index in [1.807, 2.05) is 55.5 Å². The van der Waals surface area contributed by atoms with Crippen molar-refractivity contribution in [3.63, 3.8) is 0 Å². The zero-order valence-corrected chi connectivity index (χ0v) is 19.5. The van der Waals surface area contributed by atoms with Gasteiger partial charge in [-0.25, -0.2) is 4.98 Å². The van der Waals surface area contributed by atoms with Crippen LogP contribution in [0, 0.1) is 6.92 Å². The van der Waals surface area contributed by atoms with E-state index < -0.39 is 6.68 Å². The van der Waals surface area contributed by atoms with Crippen LogP contribution in [0.15, 0.2) is 65.6 Å². The summed E-state index contributed by atoms with van der Waals surface area (Å²) in [4.78, 5) is 30.5. The molecule has 184 valence electrons. The number of alkyl halides is 3. The maximum atomic E-state index is 13.0. The number of aryl methyl sites for hydroxylation is 1. The molecule has 2 N–H and O–H groups in total. The molecule has 2 aromatic heterocycles.